The fourth-order valence-corrected chi connectivity index (χ4v) is 3.69. The highest BCUT2D eigenvalue weighted by atomic mass is 16.6. The van der Waals surface area contributed by atoms with Crippen LogP contribution in [0.1, 0.15) is 41.6 Å². The summed E-state index contributed by atoms with van der Waals surface area (Å²) in [5.74, 6) is -0.0209. The van der Waals surface area contributed by atoms with E-state index in [0.29, 0.717) is 11.1 Å². The van der Waals surface area contributed by atoms with Gasteiger partial charge in [0.2, 0.25) is 0 Å². The van der Waals surface area contributed by atoms with Crippen molar-refractivity contribution in [3.8, 4) is 0 Å². The van der Waals surface area contributed by atoms with Crippen LogP contribution in [0.4, 0.5) is 5.69 Å². The largest absolute Gasteiger partial charge is 0.333 e. The van der Waals surface area contributed by atoms with E-state index in [1.54, 1.807) is 19.1 Å². The van der Waals surface area contributed by atoms with Crippen LogP contribution in [0.5, 0.6) is 0 Å². The molecule has 2 atom stereocenters. The maximum absolute atomic E-state index is 12.7. The SMILES string of the molecule is Cc1cc(C(=O)N2C3CCC2CC(N)C3)ccc1[N+](=O)[O-]. The fraction of sp³-hybridized carbons (Fsp3) is 0.533. The van der Waals surface area contributed by atoms with E-state index < -0.39 is 4.92 Å². The third-order valence-corrected chi connectivity index (χ3v) is 4.64. The Morgan fingerprint density at radius 3 is 2.48 bits per heavy atom. The van der Waals surface area contributed by atoms with E-state index in [9.17, 15) is 14.9 Å². The monoisotopic (exact) mass is 289 g/mol. The van der Waals surface area contributed by atoms with Crippen LogP contribution in [-0.4, -0.2) is 33.9 Å². The molecule has 0 radical (unpaired) electrons. The van der Waals surface area contributed by atoms with E-state index in [1.165, 1.54) is 6.07 Å². The van der Waals surface area contributed by atoms with Gasteiger partial charge in [-0.25, -0.2) is 0 Å². The molecule has 0 saturated carbocycles. The number of nitro groups is 1. The number of piperidine rings is 1. The first-order valence-electron chi connectivity index (χ1n) is 7.30. The summed E-state index contributed by atoms with van der Waals surface area (Å²) >= 11 is 0. The lowest BCUT2D eigenvalue weighted by Crippen LogP contribution is -2.50. The van der Waals surface area contributed by atoms with Gasteiger partial charge in [0.25, 0.3) is 11.6 Å². The lowest BCUT2D eigenvalue weighted by atomic mass is 9.97. The molecule has 0 aromatic heterocycles. The highest BCUT2D eigenvalue weighted by molar-refractivity contribution is 5.95. The minimum absolute atomic E-state index is 0.0209. The predicted octanol–water partition coefficient (Wildman–Crippen LogP) is 2.00. The number of nitro benzene ring substituents is 1. The number of fused-ring (bicyclic) bond motifs is 2. The quantitative estimate of drug-likeness (QED) is 0.666. The normalized spacial score (nSPS) is 27.7. The first-order valence-corrected chi connectivity index (χ1v) is 7.30. The highest BCUT2D eigenvalue weighted by Gasteiger charge is 2.42. The lowest BCUT2D eigenvalue weighted by molar-refractivity contribution is -0.385. The number of aryl methyl sites for hydroxylation is 1. The number of nitrogens with two attached hydrogens (primary N) is 1. The van der Waals surface area contributed by atoms with Crippen LogP contribution >= 0.6 is 0 Å². The topological polar surface area (TPSA) is 89.5 Å². The van der Waals surface area contributed by atoms with E-state index >= 15 is 0 Å². The molecule has 0 spiro atoms. The van der Waals surface area contributed by atoms with Gasteiger partial charge < -0.3 is 10.6 Å². The second-order valence-corrected chi connectivity index (χ2v) is 6.09. The van der Waals surface area contributed by atoms with Crippen LogP contribution in [0.3, 0.4) is 0 Å². The van der Waals surface area contributed by atoms with Gasteiger partial charge in [-0.15, -0.1) is 0 Å². The summed E-state index contributed by atoms with van der Waals surface area (Å²) in [5.41, 5.74) is 7.13. The molecule has 2 N–H and O–H groups in total. The Kier molecular flexibility index (Phi) is 3.41. The van der Waals surface area contributed by atoms with Gasteiger partial charge in [0, 0.05) is 35.3 Å². The highest BCUT2D eigenvalue weighted by Crippen LogP contribution is 2.36. The van der Waals surface area contributed by atoms with Crippen LogP contribution in [-0.2, 0) is 0 Å². The molecule has 6 heteroatoms. The summed E-state index contributed by atoms with van der Waals surface area (Å²) in [7, 11) is 0. The van der Waals surface area contributed by atoms with Crippen molar-refractivity contribution < 1.29 is 9.72 Å². The van der Waals surface area contributed by atoms with Gasteiger partial charge in [-0.1, -0.05) is 0 Å². The Bertz CT molecular complexity index is 588. The molecule has 0 aliphatic carbocycles. The van der Waals surface area contributed by atoms with Gasteiger partial charge in [-0.3, -0.25) is 14.9 Å². The minimum Gasteiger partial charge on any atom is -0.333 e. The molecule has 2 bridgehead atoms. The van der Waals surface area contributed by atoms with Crippen LogP contribution in [0, 0.1) is 17.0 Å². The summed E-state index contributed by atoms with van der Waals surface area (Å²) in [6, 6.07) is 5.23. The molecule has 6 nitrogen and oxygen atoms in total. The summed E-state index contributed by atoms with van der Waals surface area (Å²) in [4.78, 5) is 25.1. The van der Waals surface area contributed by atoms with Gasteiger partial charge in [-0.05, 0) is 44.7 Å². The smallest absolute Gasteiger partial charge is 0.272 e. The number of amides is 1. The fourth-order valence-electron chi connectivity index (χ4n) is 3.69. The molecule has 3 rings (SSSR count). The van der Waals surface area contributed by atoms with Crippen molar-refractivity contribution in [2.75, 3.05) is 0 Å². The second kappa shape index (κ2) is 5.11. The standard InChI is InChI=1S/C15H19N3O3/c1-9-6-10(2-5-14(9)18(20)21)15(19)17-12-3-4-13(17)8-11(16)7-12/h2,5-6,11-13H,3-4,7-8,16H2,1H3. The Morgan fingerprint density at radius 1 is 1.33 bits per heavy atom. The van der Waals surface area contributed by atoms with Crippen LogP contribution < -0.4 is 5.73 Å². The molecule has 2 unspecified atom stereocenters. The molecule has 1 aromatic carbocycles. The van der Waals surface area contributed by atoms with Gasteiger partial charge in [0.15, 0.2) is 0 Å². The maximum atomic E-state index is 12.7. The van der Waals surface area contributed by atoms with Crippen molar-refractivity contribution in [3.63, 3.8) is 0 Å². The molecular formula is C15H19N3O3. The van der Waals surface area contributed by atoms with E-state index in [-0.39, 0.29) is 29.7 Å². The Balaban J connectivity index is 1.86. The number of carbonyl (C=O) groups is 1. The molecule has 1 amide bonds. The molecule has 21 heavy (non-hydrogen) atoms. The van der Waals surface area contributed by atoms with Crippen molar-refractivity contribution in [2.24, 2.45) is 5.73 Å². The zero-order valence-electron chi connectivity index (χ0n) is 12.0. The van der Waals surface area contributed by atoms with Crippen molar-refractivity contribution >= 4 is 11.6 Å². The van der Waals surface area contributed by atoms with E-state index in [0.717, 1.165) is 25.7 Å². The van der Waals surface area contributed by atoms with Crippen molar-refractivity contribution in [2.45, 2.75) is 50.7 Å². The Hall–Kier alpha value is -1.95. The third kappa shape index (κ3) is 2.40. The van der Waals surface area contributed by atoms with Crippen molar-refractivity contribution in [1.82, 2.24) is 4.90 Å². The summed E-state index contributed by atoms with van der Waals surface area (Å²) < 4.78 is 0. The zero-order valence-corrected chi connectivity index (χ0v) is 12.0. The van der Waals surface area contributed by atoms with E-state index in [1.807, 2.05) is 4.90 Å². The van der Waals surface area contributed by atoms with Crippen LogP contribution in [0.25, 0.3) is 0 Å². The number of nitrogens with zero attached hydrogens (tertiary/aromatic N) is 2. The Morgan fingerprint density at radius 2 is 1.95 bits per heavy atom. The third-order valence-electron chi connectivity index (χ3n) is 4.64. The molecule has 2 heterocycles. The molecule has 2 fully saturated rings. The predicted molar refractivity (Wildman–Crippen MR) is 78.0 cm³/mol. The van der Waals surface area contributed by atoms with E-state index in [4.69, 9.17) is 5.73 Å². The second-order valence-electron chi connectivity index (χ2n) is 6.09. The van der Waals surface area contributed by atoms with Crippen LogP contribution in [0.15, 0.2) is 18.2 Å². The number of carbonyl (C=O) groups excluding carboxylic acids is 1. The molecule has 2 saturated heterocycles. The van der Waals surface area contributed by atoms with Gasteiger partial charge in [-0.2, -0.15) is 0 Å². The average Bonchev–Trinajstić information content (AvgIpc) is 2.69. The molecule has 1 aromatic rings. The average molecular weight is 289 g/mol. The summed E-state index contributed by atoms with van der Waals surface area (Å²) in [6.07, 6.45) is 3.73. The molecule has 112 valence electrons. The first-order chi connectivity index (χ1) is 9.97. The molecular weight excluding hydrogens is 270 g/mol. The number of hydrogen-bond donors (Lipinski definition) is 1. The lowest BCUT2D eigenvalue weighted by Gasteiger charge is -2.37. The number of benzene rings is 1. The molecule has 2 aliphatic heterocycles. The van der Waals surface area contributed by atoms with Gasteiger partial charge in [0.05, 0.1) is 4.92 Å². The first kappa shape index (κ1) is 14.0. The zero-order chi connectivity index (χ0) is 15.1. The van der Waals surface area contributed by atoms with Crippen LogP contribution in [0.2, 0.25) is 0 Å². The van der Waals surface area contributed by atoms with Gasteiger partial charge in [0.1, 0.15) is 0 Å². The summed E-state index contributed by atoms with van der Waals surface area (Å²) in [6.45, 7) is 1.66. The maximum Gasteiger partial charge on any atom is 0.272 e. The summed E-state index contributed by atoms with van der Waals surface area (Å²) in [5, 5.41) is 10.9. The van der Waals surface area contributed by atoms with E-state index in [2.05, 4.69) is 0 Å². The van der Waals surface area contributed by atoms with Crippen molar-refractivity contribution in [1.29, 1.82) is 0 Å². The number of hydrogen-bond acceptors (Lipinski definition) is 4. The Labute approximate surface area is 123 Å². The van der Waals surface area contributed by atoms with Gasteiger partial charge >= 0.3 is 0 Å². The number of rotatable bonds is 2. The van der Waals surface area contributed by atoms with Crippen molar-refractivity contribution in [3.05, 3.63) is 39.4 Å². The minimum atomic E-state index is -0.423. The molecule has 2 aliphatic rings.